The molecule has 0 spiro atoms. The number of carbonyl (C=O) groups excluding carboxylic acids is 2. The van der Waals surface area contributed by atoms with Gasteiger partial charge in [-0.2, -0.15) is 0 Å². The van der Waals surface area contributed by atoms with Crippen molar-refractivity contribution in [1.29, 1.82) is 0 Å². The minimum Gasteiger partial charge on any atom is -0.344 e. The standard InChI is InChI=1S/C9H12N6O2S/c1-9(2)5(6-11-13-14-12-6)15-7(17)4(10-3-16)8(15)18-9/h3-5,8H,1-2H3,(H,10,16)(H,11,12,13,14). The van der Waals surface area contributed by atoms with Crippen molar-refractivity contribution in [2.24, 2.45) is 0 Å². The van der Waals surface area contributed by atoms with Crippen LogP contribution in [0.5, 0.6) is 0 Å². The molecule has 2 aliphatic heterocycles. The van der Waals surface area contributed by atoms with Gasteiger partial charge >= 0.3 is 0 Å². The lowest BCUT2D eigenvalue weighted by Crippen LogP contribution is -2.66. The highest BCUT2D eigenvalue weighted by Crippen LogP contribution is 2.56. The number of thioether (sulfide) groups is 1. The van der Waals surface area contributed by atoms with Gasteiger partial charge in [0.1, 0.15) is 17.5 Å². The first kappa shape index (κ1) is 11.5. The van der Waals surface area contributed by atoms with Crippen LogP contribution in [0.15, 0.2) is 0 Å². The lowest BCUT2D eigenvalue weighted by molar-refractivity contribution is -0.150. The van der Waals surface area contributed by atoms with Gasteiger partial charge < -0.3 is 10.2 Å². The fraction of sp³-hybridized carbons (Fsp3) is 0.667. The third-order valence-corrected chi connectivity index (χ3v) is 4.88. The van der Waals surface area contributed by atoms with E-state index in [1.165, 1.54) is 0 Å². The molecule has 9 heteroatoms. The highest BCUT2D eigenvalue weighted by Gasteiger charge is 2.62. The Labute approximate surface area is 107 Å². The van der Waals surface area contributed by atoms with Crippen LogP contribution in [-0.4, -0.2) is 54.0 Å². The molecule has 0 aromatic carbocycles. The summed E-state index contributed by atoms with van der Waals surface area (Å²) in [7, 11) is 0. The molecule has 3 unspecified atom stereocenters. The van der Waals surface area contributed by atoms with Gasteiger partial charge in [0, 0.05) is 4.75 Å². The highest BCUT2D eigenvalue weighted by molar-refractivity contribution is 8.01. The number of hydrogen-bond acceptors (Lipinski definition) is 6. The summed E-state index contributed by atoms with van der Waals surface area (Å²) in [6, 6.07) is -0.632. The van der Waals surface area contributed by atoms with Crippen LogP contribution in [0.4, 0.5) is 0 Å². The van der Waals surface area contributed by atoms with Crippen LogP contribution < -0.4 is 5.32 Å². The number of nitrogens with zero attached hydrogens (tertiary/aromatic N) is 4. The summed E-state index contributed by atoms with van der Waals surface area (Å²) < 4.78 is -0.207. The first-order valence-electron chi connectivity index (χ1n) is 5.49. The second-order valence-corrected chi connectivity index (χ2v) is 6.58. The molecule has 2 fully saturated rings. The molecule has 0 saturated carbocycles. The van der Waals surface area contributed by atoms with Gasteiger partial charge in [-0.3, -0.25) is 9.59 Å². The smallest absolute Gasteiger partial charge is 0.249 e. The zero-order valence-corrected chi connectivity index (χ0v) is 10.6. The van der Waals surface area contributed by atoms with Crippen molar-refractivity contribution in [2.75, 3.05) is 0 Å². The predicted octanol–water partition coefficient (Wildman–Crippen LogP) is -0.951. The van der Waals surface area contributed by atoms with Gasteiger partial charge in [-0.1, -0.05) is 0 Å². The molecule has 2 amide bonds. The minimum atomic E-state index is -0.437. The Morgan fingerprint density at radius 3 is 2.94 bits per heavy atom. The van der Waals surface area contributed by atoms with Gasteiger partial charge in [0.2, 0.25) is 12.3 Å². The average molecular weight is 268 g/mol. The maximum Gasteiger partial charge on any atom is 0.249 e. The van der Waals surface area contributed by atoms with Gasteiger partial charge in [0.05, 0.1) is 0 Å². The SMILES string of the molecule is CC1(C)SC2C(NC=O)C(=O)N2C1c1nnn[nH]1. The summed E-state index contributed by atoms with van der Waals surface area (Å²) >= 11 is 1.64. The molecule has 3 atom stereocenters. The van der Waals surface area contributed by atoms with Crippen LogP contribution in [0.1, 0.15) is 25.7 Å². The Bertz CT molecular complexity index is 489. The molecule has 1 aromatic rings. The van der Waals surface area contributed by atoms with Crippen LogP contribution in [0.25, 0.3) is 0 Å². The van der Waals surface area contributed by atoms with Crippen molar-refractivity contribution < 1.29 is 9.59 Å². The highest BCUT2D eigenvalue weighted by atomic mass is 32.2. The molecule has 18 heavy (non-hydrogen) atoms. The van der Waals surface area contributed by atoms with E-state index >= 15 is 0 Å². The molecule has 8 nitrogen and oxygen atoms in total. The van der Waals surface area contributed by atoms with Crippen molar-refractivity contribution >= 4 is 24.1 Å². The molecule has 1 aromatic heterocycles. The monoisotopic (exact) mass is 268 g/mol. The van der Waals surface area contributed by atoms with Crippen molar-refractivity contribution in [2.45, 2.75) is 36.1 Å². The zero-order valence-electron chi connectivity index (χ0n) is 9.82. The van der Waals surface area contributed by atoms with Gasteiger partial charge in [-0.25, -0.2) is 5.10 Å². The molecule has 0 bridgehead atoms. The van der Waals surface area contributed by atoms with E-state index in [1.54, 1.807) is 16.7 Å². The van der Waals surface area contributed by atoms with Crippen LogP contribution >= 0.6 is 11.8 Å². The number of H-pyrrole nitrogens is 1. The van der Waals surface area contributed by atoms with E-state index < -0.39 is 6.04 Å². The van der Waals surface area contributed by atoms with E-state index in [0.29, 0.717) is 12.2 Å². The third kappa shape index (κ3) is 1.36. The Hall–Kier alpha value is -1.64. The summed E-state index contributed by atoms with van der Waals surface area (Å²) in [5, 5.41) is 16.2. The molecule has 2 saturated heterocycles. The van der Waals surface area contributed by atoms with E-state index in [0.717, 1.165) is 0 Å². The fourth-order valence-corrected chi connectivity index (χ4v) is 4.21. The Kier molecular flexibility index (Phi) is 2.34. The summed E-state index contributed by atoms with van der Waals surface area (Å²) in [6.07, 6.45) is 0.566. The number of hydrogen-bond donors (Lipinski definition) is 2. The van der Waals surface area contributed by atoms with E-state index in [1.807, 2.05) is 13.8 Å². The number of nitrogens with one attached hydrogen (secondary N) is 2. The second kappa shape index (κ2) is 3.67. The van der Waals surface area contributed by atoms with Crippen LogP contribution in [-0.2, 0) is 9.59 Å². The van der Waals surface area contributed by atoms with Crippen molar-refractivity contribution in [3.63, 3.8) is 0 Å². The first-order chi connectivity index (χ1) is 8.56. The summed E-state index contributed by atoms with van der Waals surface area (Å²) in [5.74, 6) is 0.486. The largest absolute Gasteiger partial charge is 0.344 e. The molecule has 96 valence electrons. The second-order valence-electron chi connectivity index (χ2n) is 4.81. The van der Waals surface area contributed by atoms with E-state index in [-0.39, 0.29) is 22.1 Å². The Balaban J connectivity index is 1.92. The van der Waals surface area contributed by atoms with Gasteiger partial charge in [0.15, 0.2) is 5.82 Å². The van der Waals surface area contributed by atoms with E-state index in [2.05, 4.69) is 25.9 Å². The molecule has 2 N–H and O–H groups in total. The molecule has 3 rings (SSSR count). The number of carbonyl (C=O) groups is 2. The molecule has 0 radical (unpaired) electrons. The van der Waals surface area contributed by atoms with Crippen LogP contribution in [0.3, 0.4) is 0 Å². The quantitative estimate of drug-likeness (QED) is 0.541. The van der Waals surface area contributed by atoms with Gasteiger partial charge in [-0.15, -0.1) is 16.9 Å². The number of tetrazole rings is 1. The number of aromatic amines is 1. The number of fused-ring (bicyclic) bond motifs is 1. The average Bonchev–Trinajstić information content (AvgIpc) is 2.90. The lowest BCUT2D eigenvalue weighted by Gasteiger charge is -2.43. The van der Waals surface area contributed by atoms with Crippen molar-refractivity contribution in [3.8, 4) is 0 Å². The van der Waals surface area contributed by atoms with Crippen LogP contribution in [0.2, 0.25) is 0 Å². The maximum atomic E-state index is 12.0. The Morgan fingerprint density at radius 1 is 1.56 bits per heavy atom. The van der Waals surface area contributed by atoms with Gasteiger partial charge in [0.25, 0.3) is 0 Å². The summed E-state index contributed by atoms with van der Waals surface area (Å²) in [4.78, 5) is 24.2. The molecule has 3 heterocycles. The first-order valence-corrected chi connectivity index (χ1v) is 6.37. The molecular formula is C9H12N6O2S. The maximum absolute atomic E-state index is 12.0. The van der Waals surface area contributed by atoms with Crippen molar-refractivity contribution in [3.05, 3.63) is 5.82 Å². The molecular weight excluding hydrogens is 256 g/mol. The van der Waals surface area contributed by atoms with E-state index in [4.69, 9.17) is 0 Å². The lowest BCUT2D eigenvalue weighted by atomic mass is 9.95. The third-order valence-electron chi connectivity index (χ3n) is 3.31. The Morgan fingerprint density at radius 2 is 2.33 bits per heavy atom. The normalized spacial score (nSPS) is 32.9. The number of amides is 2. The number of rotatable bonds is 3. The fourth-order valence-electron chi connectivity index (χ4n) is 2.57. The molecule has 0 aliphatic carbocycles. The number of aromatic nitrogens is 4. The van der Waals surface area contributed by atoms with E-state index in [9.17, 15) is 9.59 Å². The van der Waals surface area contributed by atoms with Gasteiger partial charge in [-0.05, 0) is 24.3 Å². The predicted molar refractivity (Wildman–Crippen MR) is 62.2 cm³/mol. The minimum absolute atomic E-state index is 0.0483. The topological polar surface area (TPSA) is 104 Å². The molecule has 2 aliphatic rings. The zero-order chi connectivity index (χ0) is 12.9. The number of β-lactam (4-membered cyclic amide) rings is 1. The van der Waals surface area contributed by atoms with Crippen molar-refractivity contribution in [1.82, 2.24) is 30.8 Å². The summed E-state index contributed by atoms with van der Waals surface area (Å²) in [5.41, 5.74) is 0. The van der Waals surface area contributed by atoms with Crippen LogP contribution in [0, 0.1) is 0 Å². The summed E-state index contributed by atoms with van der Waals surface area (Å²) in [6.45, 7) is 4.07.